The first-order valence-electron chi connectivity index (χ1n) is 7.06. The van der Waals surface area contributed by atoms with Crippen molar-refractivity contribution in [1.82, 2.24) is 0 Å². The van der Waals surface area contributed by atoms with Crippen LogP contribution < -0.4 is 0 Å². The summed E-state index contributed by atoms with van der Waals surface area (Å²) in [5.74, 6) is -0.612. The Bertz CT molecular complexity index is 421. The minimum absolute atomic E-state index is 0.0186. The molecule has 4 heterocycles. The lowest BCUT2D eigenvalue weighted by atomic mass is 9.64. The third-order valence-corrected chi connectivity index (χ3v) is 5.49. The van der Waals surface area contributed by atoms with E-state index in [1.165, 1.54) is 0 Å². The zero-order valence-electron chi connectivity index (χ0n) is 10.8. The van der Waals surface area contributed by atoms with Gasteiger partial charge in [-0.3, -0.25) is 0 Å². The van der Waals surface area contributed by atoms with Gasteiger partial charge in [-0.25, -0.2) is 0 Å². The van der Waals surface area contributed by atoms with Crippen LogP contribution in [-0.2, 0) is 23.7 Å². The SMILES string of the molecule is C[C@]12O[C@H]1[C@H](O)C[C@H]1C2C2(OCCO2)[C@@H]2OC[C@H]1O2. The molecule has 0 aromatic carbocycles. The molecule has 1 N–H and O–H groups in total. The van der Waals surface area contributed by atoms with E-state index in [9.17, 15) is 5.11 Å². The highest BCUT2D eigenvalue weighted by Gasteiger charge is 2.77. The average Bonchev–Trinajstić information content (AvgIpc) is 2.80. The number of hydrogen-bond acceptors (Lipinski definition) is 6. The van der Waals surface area contributed by atoms with Crippen LogP contribution in [0.5, 0.6) is 0 Å². The van der Waals surface area contributed by atoms with E-state index in [4.69, 9.17) is 23.7 Å². The van der Waals surface area contributed by atoms with E-state index in [0.717, 1.165) is 0 Å². The van der Waals surface area contributed by atoms with Crippen molar-refractivity contribution in [2.24, 2.45) is 11.8 Å². The molecule has 19 heavy (non-hydrogen) atoms. The molecule has 1 unspecified atom stereocenters. The van der Waals surface area contributed by atoms with E-state index in [1.807, 2.05) is 0 Å². The topological polar surface area (TPSA) is 69.7 Å². The quantitative estimate of drug-likeness (QED) is 0.606. The van der Waals surface area contributed by atoms with Crippen LogP contribution in [0, 0.1) is 11.8 Å². The Balaban J connectivity index is 1.63. The summed E-state index contributed by atoms with van der Waals surface area (Å²) >= 11 is 0. The molecular weight excluding hydrogens is 252 g/mol. The van der Waals surface area contributed by atoms with Gasteiger partial charge in [-0.05, 0) is 13.3 Å². The molecule has 0 aromatic rings. The molecule has 6 heteroatoms. The number of epoxide rings is 1. The smallest absolute Gasteiger partial charge is 0.226 e. The van der Waals surface area contributed by atoms with Crippen molar-refractivity contribution in [3.8, 4) is 0 Å². The van der Waals surface area contributed by atoms with Gasteiger partial charge in [0.1, 0.15) is 11.7 Å². The van der Waals surface area contributed by atoms with Gasteiger partial charge in [0, 0.05) is 5.92 Å². The Morgan fingerprint density at radius 3 is 2.79 bits per heavy atom. The molecule has 5 aliphatic rings. The van der Waals surface area contributed by atoms with Crippen molar-refractivity contribution in [3.63, 3.8) is 0 Å². The third-order valence-electron chi connectivity index (χ3n) is 5.49. The van der Waals surface area contributed by atoms with Crippen molar-refractivity contribution in [2.45, 2.75) is 49.3 Å². The maximum Gasteiger partial charge on any atom is 0.226 e. The Morgan fingerprint density at radius 1 is 1.21 bits per heavy atom. The summed E-state index contributed by atoms with van der Waals surface area (Å²) in [7, 11) is 0. The number of hydrogen-bond donors (Lipinski definition) is 1. The van der Waals surface area contributed by atoms with Gasteiger partial charge >= 0.3 is 0 Å². The Labute approximate surface area is 110 Å². The number of aliphatic hydroxyl groups excluding tert-OH is 1. The van der Waals surface area contributed by atoms with Crippen LogP contribution in [-0.4, -0.2) is 60.9 Å². The van der Waals surface area contributed by atoms with E-state index in [2.05, 4.69) is 6.92 Å². The van der Waals surface area contributed by atoms with Crippen molar-refractivity contribution in [2.75, 3.05) is 19.8 Å². The van der Waals surface area contributed by atoms with Gasteiger partial charge in [0.2, 0.25) is 12.1 Å². The minimum Gasteiger partial charge on any atom is -0.390 e. The van der Waals surface area contributed by atoms with Crippen molar-refractivity contribution < 1.29 is 28.8 Å². The largest absolute Gasteiger partial charge is 0.390 e. The fourth-order valence-electron chi connectivity index (χ4n) is 4.74. The summed E-state index contributed by atoms with van der Waals surface area (Å²) in [6.07, 6.45) is -0.301. The van der Waals surface area contributed by atoms with Crippen molar-refractivity contribution >= 4 is 0 Å². The van der Waals surface area contributed by atoms with Crippen LogP contribution in [0.25, 0.3) is 0 Å². The molecule has 106 valence electrons. The van der Waals surface area contributed by atoms with Crippen LogP contribution in [0.1, 0.15) is 13.3 Å². The van der Waals surface area contributed by atoms with Gasteiger partial charge in [-0.15, -0.1) is 0 Å². The maximum atomic E-state index is 10.2. The molecule has 5 fully saturated rings. The molecule has 1 spiro atoms. The Hall–Kier alpha value is -0.240. The van der Waals surface area contributed by atoms with E-state index in [-0.39, 0.29) is 29.6 Å². The average molecular weight is 270 g/mol. The lowest BCUT2D eigenvalue weighted by Crippen LogP contribution is -2.64. The highest BCUT2D eigenvalue weighted by atomic mass is 16.8. The van der Waals surface area contributed by atoms with Crippen LogP contribution in [0.3, 0.4) is 0 Å². The molecule has 0 amide bonds. The van der Waals surface area contributed by atoms with E-state index < -0.39 is 18.2 Å². The fraction of sp³-hybridized carbons (Fsp3) is 1.00. The van der Waals surface area contributed by atoms with E-state index in [0.29, 0.717) is 26.2 Å². The highest BCUT2D eigenvalue weighted by Crippen LogP contribution is 2.63. The standard InChI is InChI=1S/C13H18O6/c1-12-9-6(4-7(14)10(12)19-12)8-5-15-11(18-8)13(9)16-2-3-17-13/h6-11,14H,2-5H2,1H3/t6-,7-,8-,9?,10+,11-,12-/m1/s1. The summed E-state index contributed by atoms with van der Waals surface area (Å²) in [5.41, 5.74) is -0.374. The van der Waals surface area contributed by atoms with Gasteiger partial charge in [-0.2, -0.15) is 0 Å². The molecular formula is C13H18O6. The fourth-order valence-corrected chi connectivity index (χ4v) is 4.74. The Kier molecular flexibility index (Phi) is 2.00. The summed E-state index contributed by atoms with van der Waals surface area (Å²) in [6, 6.07) is 0. The monoisotopic (exact) mass is 270 g/mol. The van der Waals surface area contributed by atoms with Crippen LogP contribution in [0.15, 0.2) is 0 Å². The number of fused-ring (bicyclic) bond motifs is 8. The predicted octanol–water partition coefficient (Wildman–Crippen LogP) is -0.361. The van der Waals surface area contributed by atoms with Gasteiger partial charge < -0.3 is 28.8 Å². The molecule has 2 bridgehead atoms. The minimum atomic E-state index is -0.846. The van der Waals surface area contributed by atoms with Crippen molar-refractivity contribution in [1.29, 1.82) is 0 Å². The summed E-state index contributed by atoms with van der Waals surface area (Å²) < 4.78 is 29.4. The molecule has 1 saturated carbocycles. The summed E-state index contributed by atoms with van der Waals surface area (Å²) in [6.45, 7) is 3.71. The molecule has 5 rings (SSSR count). The molecule has 0 aromatic heterocycles. The molecule has 1 aliphatic carbocycles. The number of rotatable bonds is 0. The van der Waals surface area contributed by atoms with Crippen LogP contribution in [0.4, 0.5) is 0 Å². The van der Waals surface area contributed by atoms with Gasteiger partial charge in [0.15, 0.2) is 0 Å². The van der Waals surface area contributed by atoms with E-state index in [1.54, 1.807) is 0 Å². The second-order valence-electron chi connectivity index (χ2n) is 6.42. The second-order valence-corrected chi connectivity index (χ2v) is 6.42. The van der Waals surface area contributed by atoms with Crippen LogP contribution in [0.2, 0.25) is 0 Å². The summed E-state index contributed by atoms with van der Waals surface area (Å²) in [5, 5.41) is 10.2. The lowest BCUT2D eigenvalue weighted by molar-refractivity contribution is -0.351. The van der Waals surface area contributed by atoms with E-state index >= 15 is 0 Å². The van der Waals surface area contributed by atoms with Gasteiger partial charge in [0.05, 0.1) is 37.9 Å². The molecule has 0 radical (unpaired) electrons. The number of ether oxygens (including phenoxy) is 5. The predicted molar refractivity (Wildman–Crippen MR) is 60.1 cm³/mol. The second kappa shape index (κ2) is 3.32. The third kappa shape index (κ3) is 1.19. The maximum absolute atomic E-state index is 10.2. The summed E-state index contributed by atoms with van der Waals surface area (Å²) in [4.78, 5) is 0. The zero-order chi connectivity index (χ0) is 12.8. The normalized spacial score (nSPS) is 60.9. The highest BCUT2D eigenvalue weighted by molar-refractivity contribution is 5.20. The molecule has 6 nitrogen and oxygen atoms in total. The first-order chi connectivity index (χ1) is 9.15. The van der Waals surface area contributed by atoms with Crippen molar-refractivity contribution in [3.05, 3.63) is 0 Å². The first kappa shape index (κ1) is 11.4. The number of aliphatic hydroxyl groups is 1. The zero-order valence-corrected chi connectivity index (χ0v) is 10.8. The molecule has 4 saturated heterocycles. The molecule has 7 atom stereocenters. The van der Waals surface area contributed by atoms with Gasteiger partial charge in [-0.1, -0.05) is 0 Å². The first-order valence-corrected chi connectivity index (χ1v) is 7.06. The lowest BCUT2D eigenvalue weighted by Gasteiger charge is -2.50. The van der Waals surface area contributed by atoms with Gasteiger partial charge in [0.25, 0.3) is 0 Å². The Morgan fingerprint density at radius 2 is 2.00 bits per heavy atom. The van der Waals surface area contributed by atoms with Crippen LogP contribution >= 0.6 is 0 Å². The molecule has 4 aliphatic heterocycles.